The number of nitrogen functional groups attached to an aromatic ring is 1. The molecule has 0 unspecified atom stereocenters. The summed E-state index contributed by atoms with van der Waals surface area (Å²) in [6.07, 6.45) is 1.87. The van der Waals surface area contributed by atoms with Gasteiger partial charge in [0.15, 0.2) is 0 Å². The van der Waals surface area contributed by atoms with Crippen LogP contribution in [0.1, 0.15) is 18.0 Å². The van der Waals surface area contributed by atoms with Crippen molar-refractivity contribution in [1.82, 2.24) is 4.98 Å². The average Bonchev–Trinajstić information content (AvgIpc) is 2.05. The van der Waals surface area contributed by atoms with Gasteiger partial charge >= 0.3 is 0 Å². The van der Waals surface area contributed by atoms with Crippen molar-refractivity contribution in [2.45, 2.75) is 12.5 Å². The number of alkyl halides is 1. The maximum absolute atomic E-state index is 11.9. The molecule has 0 saturated heterocycles. The summed E-state index contributed by atoms with van der Waals surface area (Å²) in [6.45, 7) is -0.435. The number of nitrogens with zero attached hydrogens (tertiary/aromatic N) is 1. The van der Waals surface area contributed by atoms with Gasteiger partial charge in [-0.25, -0.2) is 4.98 Å². The standard InChI is InChI=1S/C8H12FN3/c9-4-3-7(10)6-2-1-5-12-8(6)11/h1-2,5,7H,3-4,10H2,(H2,11,12)/t7-/m1/s1. The number of anilines is 1. The van der Waals surface area contributed by atoms with Gasteiger partial charge in [0.25, 0.3) is 0 Å². The van der Waals surface area contributed by atoms with E-state index in [1.54, 1.807) is 18.3 Å². The molecule has 1 aromatic rings. The fourth-order valence-corrected chi connectivity index (χ4v) is 1.02. The molecule has 3 nitrogen and oxygen atoms in total. The van der Waals surface area contributed by atoms with E-state index in [2.05, 4.69) is 4.98 Å². The Bertz CT molecular complexity index is 252. The lowest BCUT2D eigenvalue weighted by atomic mass is 10.1. The van der Waals surface area contributed by atoms with E-state index in [1.807, 2.05) is 0 Å². The van der Waals surface area contributed by atoms with Crippen LogP contribution in [-0.4, -0.2) is 11.7 Å². The van der Waals surface area contributed by atoms with Crippen LogP contribution in [-0.2, 0) is 0 Å². The van der Waals surface area contributed by atoms with Gasteiger partial charge in [0, 0.05) is 17.8 Å². The Labute approximate surface area is 70.6 Å². The molecule has 4 heteroatoms. The van der Waals surface area contributed by atoms with Gasteiger partial charge in [0.2, 0.25) is 0 Å². The number of nitrogens with two attached hydrogens (primary N) is 2. The number of halogens is 1. The molecule has 0 saturated carbocycles. The van der Waals surface area contributed by atoms with Crippen LogP contribution in [0.3, 0.4) is 0 Å². The molecular formula is C8H12FN3. The lowest BCUT2D eigenvalue weighted by molar-refractivity contribution is 0.442. The zero-order chi connectivity index (χ0) is 8.97. The molecule has 12 heavy (non-hydrogen) atoms. The summed E-state index contributed by atoms with van der Waals surface area (Å²) in [5, 5.41) is 0. The Morgan fingerprint density at radius 3 is 2.92 bits per heavy atom. The summed E-state index contributed by atoms with van der Waals surface area (Å²) >= 11 is 0. The van der Waals surface area contributed by atoms with E-state index in [4.69, 9.17) is 11.5 Å². The molecule has 1 aromatic heterocycles. The first kappa shape index (κ1) is 8.93. The predicted octanol–water partition coefficient (Wildman–Crippen LogP) is 1.02. The Balaban J connectivity index is 2.79. The van der Waals surface area contributed by atoms with E-state index in [9.17, 15) is 4.39 Å². The summed E-state index contributed by atoms with van der Waals surface area (Å²) in [5.74, 6) is 0.387. The third kappa shape index (κ3) is 1.92. The highest BCUT2D eigenvalue weighted by molar-refractivity contribution is 5.40. The topological polar surface area (TPSA) is 64.9 Å². The smallest absolute Gasteiger partial charge is 0.128 e. The molecule has 1 rings (SSSR count). The van der Waals surface area contributed by atoms with Gasteiger partial charge in [-0.3, -0.25) is 4.39 Å². The summed E-state index contributed by atoms with van der Waals surface area (Å²) in [6, 6.07) is 3.16. The molecule has 1 heterocycles. The number of hydrogen-bond donors (Lipinski definition) is 2. The molecule has 1 atom stereocenters. The molecule has 0 radical (unpaired) electrons. The van der Waals surface area contributed by atoms with Crippen molar-refractivity contribution >= 4 is 5.82 Å². The highest BCUT2D eigenvalue weighted by Crippen LogP contribution is 2.18. The Morgan fingerprint density at radius 2 is 2.33 bits per heavy atom. The zero-order valence-corrected chi connectivity index (χ0v) is 6.70. The van der Waals surface area contributed by atoms with E-state index < -0.39 is 6.67 Å². The van der Waals surface area contributed by atoms with Gasteiger partial charge < -0.3 is 11.5 Å². The van der Waals surface area contributed by atoms with Crippen LogP contribution in [0, 0.1) is 0 Å². The lowest BCUT2D eigenvalue weighted by Gasteiger charge is -2.10. The fraction of sp³-hybridized carbons (Fsp3) is 0.375. The van der Waals surface area contributed by atoms with Crippen molar-refractivity contribution in [2.24, 2.45) is 5.73 Å². The van der Waals surface area contributed by atoms with Crippen molar-refractivity contribution in [1.29, 1.82) is 0 Å². The number of aromatic nitrogens is 1. The predicted molar refractivity (Wildman–Crippen MR) is 46.2 cm³/mol. The minimum Gasteiger partial charge on any atom is -0.383 e. The third-order valence-electron chi connectivity index (χ3n) is 1.69. The lowest BCUT2D eigenvalue weighted by Crippen LogP contribution is -2.13. The maximum atomic E-state index is 11.9. The van der Waals surface area contributed by atoms with Gasteiger partial charge in [-0.15, -0.1) is 0 Å². The highest BCUT2D eigenvalue weighted by Gasteiger charge is 2.08. The normalized spacial score (nSPS) is 12.8. The second kappa shape index (κ2) is 4.01. The molecule has 66 valence electrons. The first-order chi connectivity index (χ1) is 5.75. The van der Waals surface area contributed by atoms with Crippen LogP contribution in [0.25, 0.3) is 0 Å². The second-order valence-electron chi connectivity index (χ2n) is 2.56. The first-order valence-corrected chi connectivity index (χ1v) is 3.77. The SMILES string of the molecule is Nc1ncccc1[C@H](N)CCF. The minimum absolute atomic E-state index is 0.288. The third-order valence-corrected chi connectivity index (χ3v) is 1.69. The maximum Gasteiger partial charge on any atom is 0.128 e. The Kier molecular flexibility index (Phi) is 2.99. The van der Waals surface area contributed by atoms with E-state index >= 15 is 0 Å². The van der Waals surface area contributed by atoms with Crippen LogP contribution in [0.2, 0.25) is 0 Å². The number of rotatable bonds is 3. The van der Waals surface area contributed by atoms with Crippen molar-refractivity contribution in [3.05, 3.63) is 23.9 Å². The van der Waals surface area contributed by atoms with Crippen molar-refractivity contribution in [2.75, 3.05) is 12.4 Å². The van der Waals surface area contributed by atoms with Gasteiger partial charge in [-0.1, -0.05) is 6.07 Å². The summed E-state index contributed by atoms with van der Waals surface area (Å²) in [7, 11) is 0. The molecule has 0 amide bonds. The fourth-order valence-electron chi connectivity index (χ4n) is 1.02. The molecule has 0 aliphatic rings. The first-order valence-electron chi connectivity index (χ1n) is 3.77. The number of pyridine rings is 1. The summed E-state index contributed by atoms with van der Waals surface area (Å²) in [4.78, 5) is 3.86. The summed E-state index contributed by atoms with van der Waals surface area (Å²) < 4.78 is 11.9. The van der Waals surface area contributed by atoms with Crippen molar-refractivity contribution in [3.8, 4) is 0 Å². The largest absolute Gasteiger partial charge is 0.383 e. The summed E-state index contributed by atoms with van der Waals surface area (Å²) in [5.41, 5.74) is 11.9. The molecular weight excluding hydrogens is 157 g/mol. The van der Waals surface area contributed by atoms with Gasteiger partial charge in [0.05, 0.1) is 6.67 Å². The van der Waals surface area contributed by atoms with Crippen LogP contribution < -0.4 is 11.5 Å². The van der Waals surface area contributed by atoms with Gasteiger partial charge in [-0.05, 0) is 12.5 Å². The van der Waals surface area contributed by atoms with E-state index in [-0.39, 0.29) is 12.5 Å². The quantitative estimate of drug-likeness (QED) is 0.710. The van der Waals surface area contributed by atoms with Crippen LogP contribution in [0.4, 0.5) is 10.2 Å². The zero-order valence-electron chi connectivity index (χ0n) is 6.70. The highest BCUT2D eigenvalue weighted by atomic mass is 19.1. The average molecular weight is 169 g/mol. The molecule has 0 aliphatic heterocycles. The Morgan fingerprint density at radius 1 is 1.58 bits per heavy atom. The van der Waals surface area contributed by atoms with Gasteiger partial charge in [0.1, 0.15) is 5.82 Å². The van der Waals surface area contributed by atoms with Crippen LogP contribution in [0.15, 0.2) is 18.3 Å². The Hall–Kier alpha value is -1.16. The van der Waals surface area contributed by atoms with E-state index in [0.29, 0.717) is 5.82 Å². The molecule has 0 fully saturated rings. The molecule has 0 spiro atoms. The minimum atomic E-state index is -0.435. The van der Waals surface area contributed by atoms with E-state index in [1.165, 1.54) is 0 Å². The van der Waals surface area contributed by atoms with E-state index in [0.717, 1.165) is 5.56 Å². The van der Waals surface area contributed by atoms with Crippen LogP contribution in [0.5, 0.6) is 0 Å². The monoisotopic (exact) mass is 169 g/mol. The molecule has 0 aliphatic carbocycles. The number of hydrogen-bond acceptors (Lipinski definition) is 3. The van der Waals surface area contributed by atoms with Gasteiger partial charge in [-0.2, -0.15) is 0 Å². The van der Waals surface area contributed by atoms with Crippen molar-refractivity contribution < 1.29 is 4.39 Å². The molecule has 4 N–H and O–H groups in total. The van der Waals surface area contributed by atoms with Crippen LogP contribution >= 0.6 is 0 Å². The second-order valence-corrected chi connectivity index (χ2v) is 2.56. The van der Waals surface area contributed by atoms with Crippen molar-refractivity contribution in [3.63, 3.8) is 0 Å². The molecule has 0 bridgehead atoms. The molecule has 0 aromatic carbocycles.